The van der Waals surface area contributed by atoms with E-state index in [9.17, 15) is 22.7 Å². The van der Waals surface area contributed by atoms with Crippen LogP contribution in [0.25, 0.3) is 16.7 Å². The largest absolute Gasteiger partial charge is 0.425 e. The number of alkyl halides is 3. The molecule has 1 atom stereocenters. The second-order valence-electron chi connectivity index (χ2n) is 6.35. The van der Waals surface area contributed by atoms with Crippen LogP contribution < -0.4 is 0 Å². The number of benzene rings is 2. The van der Waals surface area contributed by atoms with Gasteiger partial charge in [0.1, 0.15) is 5.82 Å². The molecule has 4 aromatic rings. The quantitative estimate of drug-likeness (QED) is 0.473. The molecule has 0 bridgehead atoms. The molecule has 0 aliphatic carbocycles. The zero-order valence-corrected chi connectivity index (χ0v) is 15.3. The standard InChI is InChI=1S/C20H12ClF4N3O/c21-15-10-14(4-6-16(15)22)19(29,20(23,24)25)13-5-7-17-12(9-13)11-27-28(17)18-3-1-2-8-26-18/h1-11,29H. The summed E-state index contributed by atoms with van der Waals surface area (Å²) >= 11 is 5.65. The van der Waals surface area contributed by atoms with E-state index in [4.69, 9.17) is 11.6 Å². The number of pyridine rings is 1. The molecule has 148 valence electrons. The molecule has 2 aromatic heterocycles. The second-order valence-corrected chi connectivity index (χ2v) is 6.76. The van der Waals surface area contributed by atoms with Gasteiger partial charge in [0.25, 0.3) is 0 Å². The van der Waals surface area contributed by atoms with Crippen molar-refractivity contribution in [2.45, 2.75) is 11.8 Å². The summed E-state index contributed by atoms with van der Waals surface area (Å²) < 4.78 is 56.8. The molecule has 1 N–H and O–H groups in total. The average molecular weight is 422 g/mol. The minimum atomic E-state index is -5.08. The summed E-state index contributed by atoms with van der Waals surface area (Å²) in [7, 11) is 0. The third-order valence-electron chi connectivity index (χ3n) is 4.60. The third kappa shape index (κ3) is 3.14. The van der Waals surface area contributed by atoms with Gasteiger partial charge < -0.3 is 5.11 Å². The van der Waals surface area contributed by atoms with Crippen LogP contribution in [0.1, 0.15) is 11.1 Å². The first-order chi connectivity index (χ1) is 13.7. The van der Waals surface area contributed by atoms with Gasteiger partial charge in [-0.3, -0.25) is 0 Å². The molecule has 9 heteroatoms. The smallest absolute Gasteiger partial charge is 0.372 e. The molecule has 0 saturated heterocycles. The number of aliphatic hydroxyl groups is 1. The predicted octanol–water partition coefficient (Wildman–Crippen LogP) is 5.01. The Morgan fingerprint density at radius 1 is 0.966 bits per heavy atom. The third-order valence-corrected chi connectivity index (χ3v) is 4.89. The molecule has 1 unspecified atom stereocenters. The van der Waals surface area contributed by atoms with Crippen LogP contribution in [-0.4, -0.2) is 26.0 Å². The summed E-state index contributed by atoms with van der Waals surface area (Å²) in [6.07, 6.45) is -2.14. The normalized spacial score (nSPS) is 14.1. The highest BCUT2D eigenvalue weighted by atomic mass is 35.5. The van der Waals surface area contributed by atoms with Gasteiger partial charge in [0.05, 0.1) is 16.7 Å². The van der Waals surface area contributed by atoms with E-state index in [1.165, 1.54) is 23.0 Å². The zero-order valence-electron chi connectivity index (χ0n) is 14.5. The van der Waals surface area contributed by atoms with Crippen molar-refractivity contribution in [3.05, 3.63) is 89.0 Å². The summed E-state index contributed by atoms with van der Waals surface area (Å²) in [5, 5.41) is 14.8. The summed E-state index contributed by atoms with van der Waals surface area (Å²) in [5.41, 5.74) is -3.91. The highest BCUT2D eigenvalue weighted by Crippen LogP contribution is 2.45. The van der Waals surface area contributed by atoms with Crippen LogP contribution in [-0.2, 0) is 5.60 Å². The minimum absolute atomic E-state index is 0.365. The predicted molar refractivity (Wildman–Crippen MR) is 99.3 cm³/mol. The molecule has 0 fully saturated rings. The van der Waals surface area contributed by atoms with E-state index in [0.29, 0.717) is 16.7 Å². The zero-order chi connectivity index (χ0) is 20.8. The van der Waals surface area contributed by atoms with Gasteiger partial charge in [-0.1, -0.05) is 29.8 Å². The van der Waals surface area contributed by atoms with Gasteiger partial charge in [-0.25, -0.2) is 14.1 Å². The van der Waals surface area contributed by atoms with Crippen LogP contribution in [0, 0.1) is 5.82 Å². The van der Waals surface area contributed by atoms with Crippen molar-refractivity contribution in [3.63, 3.8) is 0 Å². The van der Waals surface area contributed by atoms with Gasteiger partial charge in [-0.05, 0) is 47.5 Å². The van der Waals surface area contributed by atoms with Crippen LogP contribution >= 0.6 is 11.6 Å². The summed E-state index contributed by atoms with van der Waals surface area (Å²) in [5.74, 6) is -0.390. The Bertz CT molecular complexity index is 1190. The number of hydrogen-bond donors (Lipinski definition) is 1. The lowest BCUT2D eigenvalue weighted by Gasteiger charge is -2.31. The molecule has 4 nitrogen and oxygen atoms in total. The average Bonchev–Trinajstić information content (AvgIpc) is 3.12. The van der Waals surface area contributed by atoms with Crippen molar-refractivity contribution >= 4 is 22.5 Å². The van der Waals surface area contributed by atoms with E-state index >= 15 is 0 Å². The molecule has 0 aliphatic rings. The Balaban J connectivity index is 1.89. The number of aromatic nitrogens is 3. The van der Waals surface area contributed by atoms with Crippen LogP contribution in [0.15, 0.2) is 67.0 Å². The second kappa shape index (κ2) is 6.82. The van der Waals surface area contributed by atoms with Crippen molar-refractivity contribution < 1.29 is 22.7 Å². The van der Waals surface area contributed by atoms with Gasteiger partial charge in [0.2, 0.25) is 5.60 Å². The van der Waals surface area contributed by atoms with Gasteiger partial charge >= 0.3 is 6.18 Å². The fraction of sp³-hybridized carbons (Fsp3) is 0.100. The molecule has 4 rings (SSSR count). The number of halogens is 5. The lowest BCUT2D eigenvalue weighted by molar-refractivity contribution is -0.248. The number of nitrogens with zero attached hydrogens (tertiary/aromatic N) is 3. The topological polar surface area (TPSA) is 50.9 Å². The van der Waals surface area contributed by atoms with Gasteiger partial charge in [0, 0.05) is 11.6 Å². The maximum absolute atomic E-state index is 14.0. The van der Waals surface area contributed by atoms with Gasteiger partial charge in [-0.2, -0.15) is 18.3 Å². The van der Waals surface area contributed by atoms with Crippen LogP contribution in [0.3, 0.4) is 0 Å². The highest BCUT2D eigenvalue weighted by Gasteiger charge is 2.56. The molecule has 0 spiro atoms. The Morgan fingerprint density at radius 3 is 2.34 bits per heavy atom. The van der Waals surface area contributed by atoms with Crippen molar-refractivity contribution in [2.24, 2.45) is 0 Å². The van der Waals surface area contributed by atoms with Crippen molar-refractivity contribution in [1.29, 1.82) is 0 Å². The lowest BCUT2D eigenvalue weighted by atomic mass is 9.85. The fourth-order valence-electron chi connectivity index (χ4n) is 3.13. The van der Waals surface area contributed by atoms with Crippen molar-refractivity contribution in [1.82, 2.24) is 14.8 Å². The molecule has 29 heavy (non-hydrogen) atoms. The molecule has 0 aliphatic heterocycles. The number of rotatable bonds is 3. The summed E-state index contributed by atoms with van der Waals surface area (Å²) in [4.78, 5) is 4.17. The molecule has 2 heterocycles. The Hall–Kier alpha value is -2.97. The molecule has 0 radical (unpaired) electrons. The summed E-state index contributed by atoms with van der Waals surface area (Å²) in [6, 6.07) is 11.3. The van der Waals surface area contributed by atoms with E-state index in [-0.39, 0.29) is 0 Å². The van der Waals surface area contributed by atoms with E-state index < -0.39 is 33.7 Å². The first-order valence-electron chi connectivity index (χ1n) is 8.36. The maximum Gasteiger partial charge on any atom is 0.425 e. The summed E-state index contributed by atoms with van der Waals surface area (Å²) in [6.45, 7) is 0. The lowest BCUT2D eigenvalue weighted by Crippen LogP contribution is -2.43. The SMILES string of the molecule is OC(c1ccc(F)c(Cl)c1)(c1ccc2c(cnn2-c2ccccn2)c1)C(F)(F)F. The van der Waals surface area contributed by atoms with E-state index in [1.807, 2.05) is 0 Å². The molecule has 0 saturated carbocycles. The van der Waals surface area contributed by atoms with Crippen LogP contribution in [0.2, 0.25) is 5.02 Å². The molecular weight excluding hydrogens is 410 g/mol. The number of fused-ring (bicyclic) bond motifs is 1. The Labute approximate surface area is 167 Å². The molecule has 2 aromatic carbocycles. The number of hydrogen-bond acceptors (Lipinski definition) is 3. The van der Waals surface area contributed by atoms with E-state index in [1.54, 1.807) is 24.4 Å². The molecular formula is C20H12ClF4N3O. The van der Waals surface area contributed by atoms with E-state index in [2.05, 4.69) is 10.1 Å². The first kappa shape index (κ1) is 19.4. The Morgan fingerprint density at radius 2 is 1.69 bits per heavy atom. The van der Waals surface area contributed by atoms with Crippen molar-refractivity contribution in [3.8, 4) is 5.82 Å². The fourth-order valence-corrected chi connectivity index (χ4v) is 3.32. The Kier molecular flexibility index (Phi) is 4.55. The first-order valence-corrected chi connectivity index (χ1v) is 8.74. The molecule has 0 amide bonds. The highest BCUT2D eigenvalue weighted by molar-refractivity contribution is 6.30. The maximum atomic E-state index is 14.0. The van der Waals surface area contributed by atoms with Crippen LogP contribution in [0.4, 0.5) is 17.6 Å². The van der Waals surface area contributed by atoms with E-state index in [0.717, 1.165) is 24.3 Å². The van der Waals surface area contributed by atoms with Gasteiger partial charge in [0.15, 0.2) is 5.82 Å². The minimum Gasteiger partial charge on any atom is -0.372 e. The van der Waals surface area contributed by atoms with Crippen molar-refractivity contribution in [2.75, 3.05) is 0 Å². The monoisotopic (exact) mass is 421 g/mol. The van der Waals surface area contributed by atoms with Crippen LogP contribution in [0.5, 0.6) is 0 Å². The van der Waals surface area contributed by atoms with Gasteiger partial charge in [-0.15, -0.1) is 0 Å².